The molecule has 5 nitrogen and oxygen atoms in total. The molecule has 0 fully saturated rings. The van der Waals surface area contributed by atoms with Crippen LogP contribution in [0.15, 0.2) is 18.3 Å². The van der Waals surface area contributed by atoms with Gasteiger partial charge in [-0.3, -0.25) is 0 Å². The molecule has 0 aliphatic heterocycles. The molecule has 0 bridgehead atoms. The van der Waals surface area contributed by atoms with E-state index in [1.807, 2.05) is 13.0 Å². The average Bonchev–Trinajstić information content (AvgIpc) is 2.75. The third-order valence-corrected chi connectivity index (χ3v) is 3.78. The monoisotopic (exact) mass is 265 g/mol. The van der Waals surface area contributed by atoms with Crippen LogP contribution in [-0.2, 0) is 9.47 Å². The number of pyridine rings is 1. The third-order valence-electron chi connectivity index (χ3n) is 2.53. The second-order valence-corrected chi connectivity index (χ2v) is 4.82. The first-order valence-electron chi connectivity index (χ1n) is 5.23. The van der Waals surface area contributed by atoms with Crippen molar-refractivity contribution in [1.82, 2.24) is 4.40 Å². The minimum Gasteiger partial charge on any atom is -0.465 e. The summed E-state index contributed by atoms with van der Waals surface area (Å²) in [6.07, 6.45) is 1.80. The molecule has 0 aliphatic carbocycles. The molecule has 0 saturated carbocycles. The summed E-state index contributed by atoms with van der Waals surface area (Å²) in [6, 6.07) is 3.68. The van der Waals surface area contributed by atoms with Gasteiger partial charge in [-0.25, -0.2) is 9.59 Å². The number of rotatable bonds is 2. The van der Waals surface area contributed by atoms with E-state index < -0.39 is 11.9 Å². The van der Waals surface area contributed by atoms with E-state index in [-0.39, 0.29) is 0 Å². The molecule has 2 heterocycles. The van der Waals surface area contributed by atoms with Crippen LogP contribution in [0, 0.1) is 6.92 Å². The number of carbonyl (C=O) groups excluding carboxylic acids is 2. The maximum atomic E-state index is 11.7. The van der Waals surface area contributed by atoms with Crippen molar-refractivity contribution >= 4 is 25.6 Å². The summed E-state index contributed by atoms with van der Waals surface area (Å²) >= 11 is 0. The van der Waals surface area contributed by atoms with Crippen LogP contribution >= 0.6 is 8.19 Å². The van der Waals surface area contributed by atoms with Crippen molar-refractivity contribution in [2.24, 2.45) is 0 Å². The minimum atomic E-state index is -0.451. The van der Waals surface area contributed by atoms with E-state index in [0.29, 0.717) is 24.4 Å². The maximum absolute atomic E-state index is 11.7. The number of nitrogens with zero attached hydrogens (tertiary/aromatic N) is 1. The Hall–Kier alpha value is -1.87. The van der Waals surface area contributed by atoms with E-state index in [2.05, 4.69) is 0 Å². The van der Waals surface area contributed by atoms with Gasteiger partial charge in [0.05, 0.1) is 19.7 Å². The molecule has 0 radical (unpaired) electrons. The van der Waals surface area contributed by atoms with Crippen LogP contribution in [0.1, 0.15) is 25.9 Å². The topological polar surface area (TPSA) is 57.0 Å². The van der Waals surface area contributed by atoms with Gasteiger partial charge in [0.15, 0.2) is 5.43 Å². The summed E-state index contributed by atoms with van der Waals surface area (Å²) in [5, 5.41) is 0.443. The molecule has 0 atom stereocenters. The van der Waals surface area contributed by atoms with Crippen molar-refractivity contribution in [3.8, 4) is 0 Å². The van der Waals surface area contributed by atoms with Gasteiger partial charge in [-0.2, -0.15) is 0 Å². The van der Waals surface area contributed by atoms with E-state index in [1.165, 1.54) is 14.2 Å². The first-order chi connectivity index (χ1) is 8.58. The third kappa shape index (κ3) is 1.97. The van der Waals surface area contributed by atoms with Crippen molar-refractivity contribution in [3.05, 3.63) is 34.6 Å². The molecular weight excluding hydrogens is 253 g/mol. The lowest BCUT2D eigenvalue weighted by Crippen LogP contribution is -2.04. The summed E-state index contributed by atoms with van der Waals surface area (Å²) in [4.78, 5) is 23.4. The highest BCUT2D eigenvalue weighted by Crippen LogP contribution is 2.29. The maximum Gasteiger partial charge on any atom is 0.359 e. The standard InChI is InChI=1S/C12H12NO4P/c1-7-4-5-8-9(11(14)16-2)18-10(12(15)17-3)13(8)6-7/h4-6H,1-3H3. The molecule has 2 aromatic rings. The van der Waals surface area contributed by atoms with Gasteiger partial charge in [0.25, 0.3) is 0 Å². The largest absolute Gasteiger partial charge is 0.465 e. The summed E-state index contributed by atoms with van der Waals surface area (Å²) in [6.45, 7) is 1.91. The Bertz CT molecular complexity index is 632. The van der Waals surface area contributed by atoms with E-state index in [1.54, 1.807) is 16.7 Å². The number of hydrogen-bond donors (Lipinski definition) is 0. The number of aryl methyl sites for hydroxylation is 1. The average molecular weight is 265 g/mol. The first-order valence-corrected chi connectivity index (χ1v) is 6.13. The van der Waals surface area contributed by atoms with Gasteiger partial charge < -0.3 is 13.9 Å². The quantitative estimate of drug-likeness (QED) is 0.782. The lowest BCUT2D eigenvalue weighted by molar-refractivity contribution is 0.0594. The van der Waals surface area contributed by atoms with Gasteiger partial charge in [0.2, 0.25) is 0 Å². The van der Waals surface area contributed by atoms with Gasteiger partial charge >= 0.3 is 11.9 Å². The zero-order valence-electron chi connectivity index (χ0n) is 10.3. The molecule has 0 aromatic carbocycles. The molecule has 0 saturated heterocycles. The normalized spacial score (nSPS) is 10.8. The number of hydrogen-bond acceptors (Lipinski definition) is 4. The van der Waals surface area contributed by atoms with Crippen LogP contribution in [0.4, 0.5) is 0 Å². The zero-order valence-corrected chi connectivity index (χ0v) is 11.2. The van der Waals surface area contributed by atoms with Crippen LogP contribution in [-0.4, -0.2) is 30.6 Å². The molecule has 0 aliphatic rings. The van der Waals surface area contributed by atoms with Gasteiger partial charge in [-0.05, 0) is 26.7 Å². The van der Waals surface area contributed by atoms with Gasteiger partial charge in [-0.15, -0.1) is 0 Å². The van der Waals surface area contributed by atoms with E-state index in [4.69, 9.17) is 9.47 Å². The molecule has 2 rings (SSSR count). The Morgan fingerprint density at radius 2 is 1.83 bits per heavy atom. The van der Waals surface area contributed by atoms with Crippen molar-refractivity contribution in [3.63, 3.8) is 0 Å². The van der Waals surface area contributed by atoms with Crippen molar-refractivity contribution in [2.45, 2.75) is 6.92 Å². The fourth-order valence-corrected chi connectivity index (χ4v) is 2.82. The van der Waals surface area contributed by atoms with Crippen LogP contribution in [0.5, 0.6) is 0 Å². The Morgan fingerprint density at radius 3 is 2.44 bits per heavy atom. The van der Waals surface area contributed by atoms with Crippen LogP contribution in [0.25, 0.3) is 5.52 Å². The highest BCUT2D eigenvalue weighted by Gasteiger charge is 2.21. The van der Waals surface area contributed by atoms with Crippen molar-refractivity contribution in [2.75, 3.05) is 14.2 Å². The molecule has 0 N–H and O–H groups in total. The highest BCUT2D eigenvalue weighted by atomic mass is 31.0. The second kappa shape index (κ2) is 4.78. The lowest BCUT2D eigenvalue weighted by atomic mass is 10.3. The molecular formula is C12H12NO4P. The Morgan fingerprint density at radius 1 is 1.17 bits per heavy atom. The fraction of sp³-hybridized carbons (Fsp3) is 0.250. The van der Waals surface area contributed by atoms with Gasteiger partial charge in [0, 0.05) is 6.20 Å². The number of methoxy groups -OCH3 is 2. The number of carbonyl (C=O) groups is 2. The summed E-state index contributed by atoms with van der Waals surface area (Å²) in [5.74, 6) is -0.888. The molecule has 0 amide bonds. The SMILES string of the molecule is COC(=O)c1pc(C(=O)OC)n2cc(C)ccc12. The smallest absolute Gasteiger partial charge is 0.359 e. The summed E-state index contributed by atoms with van der Waals surface area (Å²) in [7, 11) is 3.14. The minimum absolute atomic E-state index is 0.400. The zero-order chi connectivity index (χ0) is 13.3. The number of fused-ring (bicyclic) bond motifs is 1. The lowest BCUT2D eigenvalue weighted by Gasteiger charge is -2.01. The Balaban J connectivity index is 2.75. The van der Waals surface area contributed by atoms with E-state index in [9.17, 15) is 9.59 Å². The van der Waals surface area contributed by atoms with Crippen molar-refractivity contribution < 1.29 is 19.1 Å². The number of ether oxygens (including phenoxy) is 2. The highest BCUT2D eigenvalue weighted by molar-refractivity contribution is 7.35. The predicted molar refractivity (Wildman–Crippen MR) is 67.3 cm³/mol. The Kier molecular flexibility index (Phi) is 3.34. The first kappa shape index (κ1) is 12.6. The predicted octanol–water partition coefficient (Wildman–Crippen LogP) is 2.40. The molecule has 2 aromatic heterocycles. The molecule has 0 spiro atoms. The van der Waals surface area contributed by atoms with E-state index in [0.717, 1.165) is 5.56 Å². The summed E-state index contributed by atoms with van der Waals surface area (Å²) in [5.41, 5.74) is 2.05. The molecule has 94 valence electrons. The Labute approximate surface area is 105 Å². The van der Waals surface area contributed by atoms with Crippen LogP contribution < -0.4 is 0 Å². The fourth-order valence-electron chi connectivity index (χ4n) is 1.67. The van der Waals surface area contributed by atoms with E-state index >= 15 is 0 Å². The molecule has 0 unspecified atom stereocenters. The number of esters is 2. The number of aromatic nitrogens is 1. The summed E-state index contributed by atoms with van der Waals surface area (Å²) < 4.78 is 11.1. The van der Waals surface area contributed by atoms with Crippen LogP contribution in [0.3, 0.4) is 0 Å². The molecule has 6 heteroatoms. The van der Waals surface area contributed by atoms with Gasteiger partial charge in [-0.1, -0.05) is 6.07 Å². The molecule has 18 heavy (non-hydrogen) atoms. The van der Waals surface area contributed by atoms with Gasteiger partial charge in [0.1, 0.15) is 5.30 Å². The van der Waals surface area contributed by atoms with Crippen LogP contribution in [0.2, 0.25) is 0 Å². The second-order valence-electron chi connectivity index (χ2n) is 3.73. The van der Waals surface area contributed by atoms with Crippen molar-refractivity contribution in [1.29, 1.82) is 0 Å².